The van der Waals surface area contributed by atoms with E-state index >= 15 is 0 Å². The summed E-state index contributed by atoms with van der Waals surface area (Å²) in [6, 6.07) is 0. The highest BCUT2D eigenvalue weighted by molar-refractivity contribution is 5.89. The first-order chi connectivity index (χ1) is 7.77. The normalized spacial score (nSPS) is 25.3. The second kappa shape index (κ2) is 7.59. The lowest BCUT2D eigenvalue weighted by atomic mass is 9.74. The third-order valence-corrected chi connectivity index (χ3v) is 3.83. The molecule has 0 spiro atoms. The number of carbonyl (C=O) groups is 2. The molecule has 0 aliphatic heterocycles. The van der Waals surface area contributed by atoms with Crippen LogP contribution in [0, 0.1) is 11.8 Å². The summed E-state index contributed by atoms with van der Waals surface area (Å²) in [7, 11) is 0. The number of hydrogen-bond donors (Lipinski definition) is 0. The number of Topliss-reactive ketones (excluding diaryl/α,β-unsaturated/α-hetero) is 1. The Hall–Kier alpha value is -0.660. The zero-order chi connectivity index (χ0) is 11.8. The van der Waals surface area contributed by atoms with Crippen LogP contribution >= 0.6 is 0 Å². The van der Waals surface area contributed by atoms with Crippen LogP contribution in [0.4, 0.5) is 0 Å². The highest BCUT2D eigenvalue weighted by atomic mass is 16.1. The smallest absolute Gasteiger partial charge is 0.139 e. The lowest BCUT2D eigenvalue weighted by molar-refractivity contribution is -0.122. The maximum absolute atomic E-state index is 11.3. The fourth-order valence-electron chi connectivity index (χ4n) is 2.96. The van der Waals surface area contributed by atoms with Gasteiger partial charge in [0.2, 0.25) is 0 Å². The van der Waals surface area contributed by atoms with Crippen LogP contribution in [0.5, 0.6) is 0 Å². The van der Waals surface area contributed by atoms with Crippen molar-refractivity contribution >= 4 is 12.1 Å². The minimum Gasteiger partial charge on any atom is -0.303 e. The van der Waals surface area contributed by atoms with Gasteiger partial charge in [0.05, 0.1) is 6.42 Å². The van der Waals surface area contributed by atoms with Crippen molar-refractivity contribution in [3.8, 4) is 0 Å². The van der Waals surface area contributed by atoms with Gasteiger partial charge in [-0.3, -0.25) is 4.79 Å². The quantitative estimate of drug-likeness (QED) is 0.489. The van der Waals surface area contributed by atoms with E-state index in [1.165, 1.54) is 38.5 Å². The first-order valence-corrected chi connectivity index (χ1v) is 6.73. The maximum Gasteiger partial charge on any atom is 0.139 e. The minimum absolute atomic E-state index is 0.116. The summed E-state index contributed by atoms with van der Waals surface area (Å²) < 4.78 is 0. The fourth-order valence-corrected chi connectivity index (χ4v) is 2.96. The molecule has 0 N–H and O–H groups in total. The van der Waals surface area contributed by atoms with Gasteiger partial charge in [-0.15, -0.1) is 0 Å². The molecule has 0 aromatic heterocycles. The Morgan fingerprint density at radius 1 is 1.19 bits per heavy atom. The third kappa shape index (κ3) is 4.46. The first kappa shape index (κ1) is 13.4. The van der Waals surface area contributed by atoms with E-state index in [2.05, 4.69) is 6.92 Å². The van der Waals surface area contributed by atoms with Crippen molar-refractivity contribution in [2.75, 3.05) is 0 Å². The predicted octanol–water partition coefficient (Wildman–Crippen LogP) is 3.53. The van der Waals surface area contributed by atoms with Gasteiger partial charge < -0.3 is 4.79 Å². The van der Waals surface area contributed by atoms with Crippen LogP contribution in [0.3, 0.4) is 0 Å². The van der Waals surface area contributed by atoms with Gasteiger partial charge in [-0.25, -0.2) is 0 Å². The molecule has 1 aliphatic rings. The molecule has 2 unspecified atom stereocenters. The van der Waals surface area contributed by atoms with E-state index in [1.807, 2.05) is 0 Å². The van der Waals surface area contributed by atoms with Crippen LogP contribution in [0.15, 0.2) is 0 Å². The van der Waals surface area contributed by atoms with Crippen LogP contribution in [-0.4, -0.2) is 12.1 Å². The monoisotopic (exact) mass is 224 g/mol. The molecular formula is C14H24O2. The summed E-state index contributed by atoms with van der Waals surface area (Å²) in [4.78, 5) is 21.5. The molecule has 0 heterocycles. The molecule has 0 aromatic rings. The Balaban J connectivity index is 2.31. The molecule has 16 heavy (non-hydrogen) atoms. The summed E-state index contributed by atoms with van der Waals surface area (Å²) in [5.74, 6) is 1.70. The van der Waals surface area contributed by atoms with Gasteiger partial charge in [-0.1, -0.05) is 45.4 Å². The van der Waals surface area contributed by atoms with Crippen molar-refractivity contribution in [1.82, 2.24) is 0 Å². The molecule has 0 radical (unpaired) electrons. The van der Waals surface area contributed by atoms with E-state index in [4.69, 9.17) is 0 Å². The lowest BCUT2D eigenvalue weighted by Crippen LogP contribution is -2.20. The molecule has 0 aromatic carbocycles. The molecule has 92 valence electrons. The van der Waals surface area contributed by atoms with Crippen molar-refractivity contribution in [2.45, 2.75) is 64.7 Å². The van der Waals surface area contributed by atoms with Gasteiger partial charge in [-0.05, 0) is 18.3 Å². The summed E-state index contributed by atoms with van der Waals surface area (Å²) in [5.41, 5.74) is 0. The van der Waals surface area contributed by atoms with Crippen molar-refractivity contribution in [2.24, 2.45) is 11.8 Å². The molecule has 2 heteroatoms. The predicted molar refractivity (Wildman–Crippen MR) is 65.3 cm³/mol. The van der Waals surface area contributed by atoms with Crippen molar-refractivity contribution in [1.29, 1.82) is 0 Å². The van der Waals surface area contributed by atoms with Gasteiger partial charge in [0.25, 0.3) is 0 Å². The molecular weight excluding hydrogens is 200 g/mol. The minimum atomic E-state index is 0.116. The number of rotatable bonds is 7. The molecule has 0 amide bonds. The Labute approximate surface area is 98.8 Å². The SMILES string of the molecule is CCCC1CCCCC1CCC(=O)CC=O. The number of aldehydes is 1. The van der Waals surface area contributed by atoms with Crippen molar-refractivity contribution in [3.63, 3.8) is 0 Å². The van der Waals surface area contributed by atoms with Crippen LogP contribution in [0.2, 0.25) is 0 Å². The Bertz CT molecular complexity index is 221. The van der Waals surface area contributed by atoms with Crippen LogP contribution < -0.4 is 0 Å². The standard InChI is InChI=1S/C14H24O2/c1-2-5-12-6-3-4-7-13(12)8-9-14(16)10-11-15/h11-13H,2-10H2,1H3. The zero-order valence-corrected chi connectivity index (χ0v) is 10.4. The summed E-state index contributed by atoms with van der Waals surface area (Å²) >= 11 is 0. The third-order valence-electron chi connectivity index (χ3n) is 3.83. The van der Waals surface area contributed by atoms with Crippen LogP contribution in [0.25, 0.3) is 0 Å². The Morgan fingerprint density at radius 3 is 2.38 bits per heavy atom. The molecule has 1 saturated carbocycles. The van der Waals surface area contributed by atoms with Crippen molar-refractivity contribution in [3.05, 3.63) is 0 Å². The first-order valence-electron chi connectivity index (χ1n) is 6.73. The molecule has 0 bridgehead atoms. The molecule has 2 atom stereocenters. The Morgan fingerprint density at radius 2 is 1.81 bits per heavy atom. The Kier molecular flexibility index (Phi) is 6.36. The van der Waals surface area contributed by atoms with E-state index < -0.39 is 0 Å². The van der Waals surface area contributed by atoms with E-state index in [9.17, 15) is 9.59 Å². The average Bonchev–Trinajstić information content (AvgIpc) is 2.29. The molecule has 1 aliphatic carbocycles. The second-order valence-corrected chi connectivity index (χ2v) is 5.04. The van der Waals surface area contributed by atoms with Gasteiger partial charge >= 0.3 is 0 Å². The van der Waals surface area contributed by atoms with Gasteiger partial charge in [0, 0.05) is 6.42 Å². The molecule has 1 rings (SSSR count). The van der Waals surface area contributed by atoms with Crippen LogP contribution in [0.1, 0.15) is 64.7 Å². The molecule has 1 fully saturated rings. The highest BCUT2D eigenvalue weighted by Crippen LogP contribution is 2.35. The lowest BCUT2D eigenvalue weighted by Gasteiger charge is -2.31. The number of hydrogen-bond acceptors (Lipinski definition) is 2. The van der Waals surface area contributed by atoms with E-state index in [1.54, 1.807) is 0 Å². The largest absolute Gasteiger partial charge is 0.303 e. The average molecular weight is 224 g/mol. The summed E-state index contributed by atoms with van der Waals surface area (Å²) in [5, 5.41) is 0. The van der Waals surface area contributed by atoms with Gasteiger partial charge in [-0.2, -0.15) is 0 Å². The van der Waals surface area contributed by atoms with E-state index in [-0.39, 0.29) is 12.2 Å². The van der Waals surface area contributed by atoms with E-state index in [0.717, 1.165) is 24.5 Å². The highest BCUT2D eigenvalue weighted by Gasteiger charge is 2.24. The van der Waals surface area contributed by atoms with Gasteiger partial charge in [0.15, 0.2) is 0 Å². The van der Waals surface area contributed by atoms with Crippen LogP contribution in [-0.2, 0) is 9.59 Å². The summed E-state index contributed by atoms with van der Waals surface area (Å²) in [6.45, 7) is 2.24. The second-order valence-electron chi connectivity index (χ2n) is 5.04. The topological polar surface area (TPSA) is 34.1 Å². The zero-order valence-electron chi connectivity index (χ0n) is 10.4. The van der Waals surface area contributed by atoms with Gasteiger partial charge in [0.1, 0.15) is 12.1 Å². The number of carbonyl (C=O) groups excluding carboxylic acids is 2. The molecule has 2 nitrogen and oxygen atoms in total. The number of ketones is 1. The van der Waals surface area contributed by atoms with Crippen molar-refractivity contribution < 1.29 is 9.59 Å². The fraction of sp³-hybridized carbons (Fsp3) is 0.857. The molecule has 0 saturated heterocycles. The van der Waals surface area contributed by atoms with E-state index in [0.29, 0.717) is 6.42 Å². The summed E-state index contributed by atoms with van der Waals surface area (Å²) in [6.07, 6.45) is 10.4. The maximum atomic E-state index is 11.3.